The van der Waals surface area contributed by atoms with Crippen molar-refractivity contribution in [2.45, 2.75) is 46.1 Å². The fourth-order valence-corrected chi connectivity index (χ4v) is 2.04. The van der Waals surface area contributed by atoms with Gasteiger partial charge in [0.15, 0.2) is 0 Å². The SMILES string of the molecule is CC(C)(C)CC(O)CNC(=O)CCc1ccc(N)cc1. The number of amides is 1. The lowest BCUT2D eigenvalue weighted by Gasteiger charge is -2.22. The molecular weight excluding hydrogens is 252 g/mol. The van der Waals surface area contributed by atoms with E-state index in [4.69, 9.17) is 5.73 Å². The molecule has 0 aliphatic heterocycles. The van der Waals surface area contributed by atoms with Crippen molar-refractivity contribution in [2.24, 2.45) is 5.41 Å². The number of anilines is 1. The summed E-state index contributed by atoms with van der Waals surface area (Å²) in [5.41, 5.74) is 7.48. The number of hydrogen-bond acceptors (Lipinski definition) is 3. The van der Waals surface area contributed by atoms with E-state index in [1.165, 1.54) is 0 Å². The van der Waals surface area contributed by atoms with Crippen LogP contribution in [0.3, 0.4) is 0 Å². The summed E-state index contributed by atoms with van der Waals surface area (Å²) in [5, 5.41) is 12.6. The van der Waals surface area contributed by atoms with Gasteiger partial charge in [0.2, 0.25) is 5.91 Å². The highest BCUT2D eigenvalue weighted by molar-refractivity contribution is 5.76. The number of benzene rings is 1. The first kappa shape index (κ1) is 16.5. The third-order valence-electron chi connectivity index (χ3n) is 3.00. The molecule has 0 aliphatic carbocycles. The summed E-state index contributed by atoms with van der Waals surface area (Å²) in [4.78, 5) is 11.7. The van der Waals surface area contributed by atoms with E-state index < -0.39 is 6.10 Å². The van der Waals surface area contributed by atoms with E-state index in [0.717, 1.165) is 11.3 Å². The summed E-state index contributed by atoms with van der Waals surface area (Å²) in [6.07, 6.45) is 1.29. The summed E-state index contributed by atoms with van der Waals surface area (Å²) in [6.45, 7) is 6.52. The van der Waals surface area contributed by atoms with Crippen LogP contribution < -0.4 is 11.1 Å². The van der Waals surface area contributed by atoms with Gasteiger partial charge in [0.05, 0.1) is 6.10 Å². The normalized spacial score (nSPS) is 13.0. The van der Waals surface area contributed by atoms with Crippen LogP contribution in [0.4, 0.5) is 5.69 Å². The van der Waals surface area contributed by atoms with Gasteiger partial charge in [0.1, 0.15) is 0 Å². The Kier molecular flexibility index (Phi) is 6.02. The van der Waals surface area contributed by atoms with Gasteiger partial charge in [-0.15, -0.1) is 0 Å². The molecule has 0 aromatic heterocycles. The van der Waals surface area contributed by atoms with E-state index >= 15 is 0 Å². The molecule has 1 aromatic carbocycles. The average molecular weight is 278 g/mol. The highest BCUT2D eigenvalue weighted by Crippen LogP contribution is 2.20. The molecule has 4 heteroatoms. The number of hydrogen-bond donors (Lipinski definition) is 3. The van der Waals surface area contributed by atoms with Crippen LogP contribution in [0.5, 0.6) is 0 Å². The number of aliphatic hydroxyl groups excluding tert-OH is 1. The zero-order valence-corrected chi connectivity index (χ0v) is 12.6. The Hall–Kier alpha value is -1.55. The second kappa shape index (κ2) is 7.29. The van der Waals surface area contributed by atoms with Gasteiger partial charge in [-0.05, 0) is 36.0 Å². The number of carbonyl (C=O) groups excluding carboxylic acids is 1. The molecule has 1 atom stereocenters. The molecule has 4 nitrogen and oxygen atoms in total. The van der Waals surface area contributed by atoms with E-state index in [1.54, 1.807) is 0 Å². The van der Waals surface area contributed by atoms with Crippen molar-refractivity contribution in [3.05, 3.63) is 29.8 Å². The number of nitrogen functional groups attached to an aromatic ring is 1. The number of nitrogens with one attached hydrogen (secondary N) is 1. The lowest BCUT2D eigenvalue weighted by atomic mass is 9.89. The molecule has 1 amide bonds. The fraction of sp³-hybridized carbons (Fsp3) is 0.562. The van der Waals surface area contributed by atoms with Crippen LogP contribution in [-0.2, 0) is 11.2 Å². The standard InChI is InChI=1S/C16H26N2O2/c1-16(2,3)10-14(19)11-18-15(20)9-6-12-4-7-13(17)8-5-12/h4-5,7-8,14,19H,6,9-11,17H2,1-3H3,(H,18,20). The number of aryl methyl sites for hydroxylation is 1. The first-order chi connectivity index (χ1) is 9.26. The number of aliphatic hydroxyl groups is 1. The Bertz CT molecular complexity index is 421. The van der Waals surface area contributed by atoms with Gasteiger partial charge >= 0.3 is 0 Å². The van der Waals surface area contributed by atoms with E-state index in [-0.39, 0.29) is 11.3 Å². The van der Waals surface area contributed by atoms with Crippen LogP contribution in [0.2, 0.25) is 0 Å². The van der Waals surface area contributed by atoms with Crippen molar-refractivity contribution in [3.63, 3.8) is 0 Å². The zero-order chi connectivity index (χ0) is 15.2. The smallest absolute Gasteiger partial charge is 0.220 e. The van der Waals surface area contributed by atoms with Crippen molar-refractivity contribution in [1.29, 1.82) is 0 Å². The largest absolute Gasteiger partial charge is 0.399 e. The van der Waals surface area contributed by atoms with Gasteiger partial charge in [-0.2, -0.15) is 0 Å². The Morgan fingerprint density at radius 2 is 1.90 bits per heavy atom. The van der Waals surface area contributed by atoms with E-state index in [0.29, 0.717) is 25.8 Å². The van der Waals surface area contributed by atoms with Crippen LogP contribution >= 0.6 is 0 Å². The highest BCUT2D eigenvalue weighted by atomic mass is 16.3. The molecule has 112 valence electrons. The zero-order valence-electron chi connectivity index (χ0n) is 12.6. The summed E-state index contributed by atoms with van der Waals surface area (Å²) in [7, 11) is 0. The van der Waals surface area contributed by atoms with Gasteiger partial charge in [-0.25, -0.2) is 0 Å². The average Bonchev–Trinajstić information content (AvgIpc) is 2.33. The number of nitrogens with two attached hydrogens (primary N) is 1. The van der Waals surface area contributed by atoms with E-state index in [2.05, 4.69) is 26.1 Å². The third kappa shape index (κ3) is 7.14. The molecule has 20 heavy (non-hydrogen) atoms. The van der Waals surface area contributed by atoms with Crippen LogP contribution in [0.25, 0.3) is 0 Å². The third-order valence-corrected chi connectivity index (χ3v) is 3.00. The number of rotatable bonds is 6. The summed E-state index contributed by atoms with van der Waals surface area (Å²) >= 11 is 0. The summed E-state index contributed by atoms with van der Waals surface area (Å²) in [5.74, 6) is -0.0326. The van der Waals surface area contributed by atoms with Crippen molar-refractivity contribution in [3.8, 4) is 0 Å². The fourth-order valence-electron chi connectivity index (χ4n) is 2.04. The Morgan fingerprint density at radius 3 is 2.45 bits per heavy atom. The highest BCUT2D eigenvalue weighted by Gasteiger charge is 2.17. The number of carbonyl (C=O) groups is 1. The second-order valence-electron chi connectivity index (χ2n) is 6.46. The quantitative estimate of drug-likeness (QED) is 0.698. The molecular formula is C16H26N2O2. The Balaban J connectivity index is 2.25. The van der Waals surface area contributed by atoms with Crippen molar-refractivity contribution in [2.75, 3.05) is 12.3 Å². The Morgan fingerprint density at radius 1 is 1.30 bits per heavy atom. The minimum Gasteiger partial charge on any atom is -0.399 e. The summed E-state index contributed by atoms with van der Waals surface area (Å²) in [6, 6.07) is 7.52. The van der Waals surface area contributed by atoms with Gasteiger partial charge < -0.3 is 16.2 Å². The van der Waals surface area contributed by atoms with Gasteiger partial charge in [-0.3, -0.25) is 4.79 Å². The maximum absolute atomic E-state index is 11.7. The maximum atomic E-state index is 11.7. The lowest BCUT2D eigenvalue weighted by Crippen LogP contribution is -2.34. The molecule has 0 bridgehead atoms. The molecule has 0 saturated carbocycles. The first-order valence-corrected chi connectivity index (χ1v) is 7.05. The van der Waals surface area contributed by atoms with E-state index in [1.807, 2.05) is 24.3 Å². The first-order valence-electron chi connectivity index (χ1n) is 7.05. The molecule has 0 spiro atoms. The molecule has 1 rings (SSSR count). The Labute approximate surface area is 121 Å². The topological polar surface area (TPSA) is 75.3 Å². The van der Waals surface area contributed by atoms with E-state index in [9.17, 15) is 9.90 Å². The second-order valence-corrected chi connectivity index (χ2v) is 6.46. The minimum absolute atomic E-state index is 0.0326. The molecule has 0 saturated heterocycles. The molecule has 1 aromatic rings. The predicted molar refractivity (Wildman–Crippen MR) is 82.3 cm³/mol. The lowest BCUT2D eigenvalue weighted by molar-refractivity contribution is -0.121. The van der Waals surface area contributed by atoms with Crippen LogP contribution in [0.1, 0.15) is 39.2 Å². The van der Waals surface area contributed by atoms with Gasteiger partial charge in [0.25, 0.3) is 0 Å². The molecule has 4 N–H and O–H groups in total. The molecule has 1 unspecified atom stereocenters. The van der Waals surface area contributed by atoms with Crippen molar-refractivity contribution >= 4 is 11.6 Å². The van der Waals surface area contributed by atoms with Crippen molar-refractivity contribution in [1.82, 2.24) is 5.32 Å². The molecule has 0 aliphatic rings. The molecule has 0 fully saturated rings. The molecule has 0 radical (unpaired) electrons. The minimum atomic E-state index is -0.490. The van der Waals surface area contributed by atoms with Crippen LogP contribution in [0, 0.1) is 5.41 Å². The van der Waals surface area contributed by atoms with Crippen molar-refractivity contribution < 1.29 is 9.90 Å². The van der Waals surface area contributed by atoms with Crippen LogP contribution in [0.15, 0.2) is 24.3 Å². The van der Waals surface area contributed by atoms with Gasteiger partial charge in [0, 0.05) is 18.7 Å². The maximum Gasteiger partial charge on any atom is 0.220 e. The monoisotopic (exact) mass is 278 g/mol. The van der Waals surface area contributed by atoms with Gasteiger partial charge in [-0.1, -0.05) is 32.9 Å². The predicted octanol–water partition coefficient (Wildman–Crippen LogP) is 2.11. The van der Waals surface area contributed by atoms with Crippen LogP contribution in [-0.4, -0.2) is 23.7 Å². The molecule has 0 heterocycles. The summed E-state index contributed by atoms with van der Waals surface area (Å²) < 4.78 is 0.